The third-order valence-electron chi connectivity index (χ3n) is 2.40. The Kier molecular flexibility index (Phi) is 4.25. The van der Waals surface area contributed by atoms with Crippen molar-refractivity contribution in [3.8, 4) is 5.75 Å². The molecule has 0 amide bonds. The van der Waals surface area contributed by atoms with Gasteiger partial charge < -0.3 is 4.74 Å². The summed E-state index contributed by atoms with van der Waals surface area (Å²) in [7, 11) is -3.62. The van der Waals surface area contributed by atoms with Crippen LogP contribution < -0.4 is 9.46 Å². The quantitative estimate of drug-likeness (QED) is 0.934. The zero-order chi connectivity index (χ0) is 15.7. The van der Waals surface area contributed by atoms with Crippen LogP contribution in [0, 0.1) is 6.92 Å². The molecule has 0 aliphatic carbocycles. The van der Waals surface area contributed by atoms with Gasteiger partial charge in [-0.15, -0.1) is 11.3 Å². The van der Waals surface area contributed by atoms with E-state index in [-0.39, 0.29) is 10.5 Å². The van der Waals surface area contributed by atoms with E-state index in [0.717, 1.165) is 5.69 Å². The second-order valence-corrected chi connectivity index (χ2v) is 8.13. The molecule has 1 aromatic heterocycles. The van der Waals surface area contributed by atoms with Crippen LogP contribution in [0.25, 0.3) is 0 Å². The van der Waals surface area contributed by atoms with E-state index >= 15 is 0 Å². The molecular formula is C14H18N2O3S2. The fourth-order valence-corrected chi connectivity index (χ4v) is 3.56. The van der Waals surface area contributed by atoms with Crippen LogP contribution in [0.4, 0.5) is 5.13 Å². The molecule has 7 heteroatoms. The van der Waals surface area contributed by atoms with E-state index in [1.807, 2.05) is 27.7 Å². The Morgan fingerprint density at radius 1 is 1.19 bits per heavy atom. The Labute approximate surface area is 129 Å². The molecule has 0 atom stereocenters. The first-order chi connectivity index (χ1) is 9.66. The van der Waals surface area contributed by atoms with Crippen LogP contribution in [0.2, 0.25) is 0 Å². The molecule has 1 heterocycles. The highest BCUT2D eigenvalue weighted by Crippen LogP contribution is 2.23. The van der Waals surface area contributed by atoms with Gasteiger partial charge in [-0.2, -0.15) is 0 Å². The molecule has 2 rings (SSSR count). The molecule has 114 valence electrons. The summed E-state index contributed by atoms with van der Waals surface area (Å²) in [6, 6.07) is 6.33. The molecule has 21 heavy (non-hydrogen) atoms. The number of thiazole rings is 1. The largest absolute Gasteiger partial charge is 0.488 e. The lowest BCUT2D eigenvalue weighted by Crippen LogP contribution is -2.23. The summed E-state index contributed by atoms with van der Waals surface area (Å²) in [5.41, 5.74) is 0.462. The molecule has 0 unspecified atom stereocenters. The molecule has 0 spiro atoms. The molecular weight excluding hydrogens is 308 g/mol. The predicted octanol–water partition coefficient (Wildman–Crippen LogP) is 3.43. The lowest BCUT2D eigenvalue weighted by molar-refractivity contribution is 0.131. The second-order valence-electron chi connectivity index (χ2n) is 5.59. The molecule has 1 aromatic carbocycles. The number of aromatic nitrogens is 1. The topological polar surface area (TPSA) is 68.3 Å². The second kappa shape index (κ2) is 5.65. The van der Waals surface area contributed by atoms with E-state index in [9.17, 15) is 8.42 Å². The Morgan fingerprint density at radius 3 is 2.29 bits per heavy atom. The minimum Gasteiger partial charge on any atom is -0.488 e. The molecule has 0 fully saturated rings. The van der Waals surface area contributed by atoms with Crippen LogP contribution in [0.1, 0.15) is 26.5 Å². The fraction of sp³-hybridized carbons (Fsp3) is 0.357. The first-order valence-electron chi connectivity index (χ1n) is 6.40. The number of hydrogen-bond acceptors (Lipinski definition) is 5. The van der Waals surface area contributed by atoms with Gasteiger partial charge in [-0.3, -0.25) is 4.72 Å². The average molecular weight is 326 g/mol. The van der Waals surface area contributed by atoms with Gasteiger partial charge in [0.2, 0.25) is 0 Å². The van der Waals surface area contributed by atoms with Gasteiger partial charge in [-0.05, 0) is 52.0 Å². The highest BCUT2D eigenvalue weighted by Gasteiger charge is 2.17. The lowest BCUT2D eigenvalue weighted by Gasteiger charge is -2.21. The number of nitrogens with zero attached hydrogens (tertiary/aromatic N) is 1. The van der Waals surface area contributed by atoms with Gasteiger partial charge in [0, 0.05) is 5.38 Å². The molecule has 2 aromatic rings. The van der Waals surface area contributed by atoms with Gasteiger partial charge in [0.25, 0.3) is 10.0 Å². The highest BCUT2D eigenvalue weighted by atomic mass is 32.2. The van der Waals surface area contributed by atoms with Crippen LogP contribution >= 0.6 is 11.3 Å². The summed E-state index contributed by atoms with van der Waals surface area (Å²) in [6.45, 7) is 7.62. The summed E-state index contributed by atoms with van der Waals surface area (Å²) in [6.07, 6.45) is 0. The van der Waals surface area contributed by atoms with E-state index in [2.05, 4.69) is 9.71 Å². The van der Waals surface area contributed by atoms with Gasteiger partial charge in [0.1, 0.15) is 11.4 Å². The Bertz CT molecular complexity index is 713. The zero-order valence-corrected chi connectivity index (χ0v) is 14.0. The van der Waals surface area contributed by atoms with Gasteiger partial charge in [0.15, 0.2) is 5.13 Å². The number of rotatable bonds is 4. The third-order valence-corrected chi connectivity index (χ3v) is 4.76. The van der Waals surface area contributed by atoms with Crippen LogP contribution in [0.15, 0.2) is 34.5 Å². The molecule has 0 aliphatic rings. The van der Waals surface area contributed by atoms with Crippen LogP contribution in [0.3, 0.4) is 0 Å². The van der Waals surface area contributed by atoms with Crippen molar-refractivity contribution in [1.82, 2.24) is 4.98 Å². The third kappa shape index (κ3) is 4.44. The summed E-state index contributed by atoms with van der Waals surface area (Å²) in [4.78, 5) is 4.27. The van der Waals surface area contributed by atoms with Crippen LogP contribution in [-0.2, 0) is 10.0 Å². The highest BCUT2D eigenvalue weighted by molar-refractivity contribution is 7.93. The van der Waals surface area contributed by atoms with Crippen molar-refractivity contribution in [2.45, 2.75) is 38.2 Å². The average Bonchev–Trinajstić information content (AvgIpc) is 2.72. The molecule has 5 nitrogen and oxygen atoms in total. The van der Waals surface area contributed by atoms with Crippen molar-refractivity contribution in [3.63, 3.8) is 0 Å². The smallest absolute Gasteiger partial charge is 0.263 e. The molecule has 0 radical (unpaired) electrons. The number of sulfonamides is 1. The number of hydrogen-bond donors (Lipinski definition) is 1. The van der Waals surface area contributed by atoms with Crippen molar-refractivity contribution in [1.29, 1.82) is 0 Å². The number of ether oxygens (including phenoxy) is 1. The maximum absolute atomic E-state index is 12.2. The standard InChI is InChI=1S/C14H18N2O3S2/c1-10-9-20-13(15-10)16-21(17,18)12-7-5-11(6-8-12)19-14(2,3)4/h5-9H,1-4H3,(H,15,16). The van der Waals surface area contributed by atoms with Crippen LogP contribution in [-0.4, -0.2) is 19.0 Å². The first-order valence-corrected chi connectivity index (χ1v) is 8.76. The maximum Gasteiger partial charge on any atom is 0.263 e. The minimum atomic E-state index is -3.62. The monoisotopic (exact) mass is 326 g/mol. The molecule has 0 saturated carbocycles. The minimum absolute atomic E-state index is 0.177. The van der Waals surface area contributed by atoms with Gasteiger partial charge in [0.05, 0.1) is 10.6 Å². The number of anilines is 1. The fourth-order valence-electron chi connectivity index (χ4n) is 1.62. The summed E-state index contributed by atoms with van der Waals surface area (Å²) in [5.74, 6) is 0.631. The van der Waals surface area contributed by atoms with Crippen LogP contribution in [0.5, 0.6) is 5.75 Å². The Hall–Kier alpha value is -1.60. The summed E-state index contributed by atoms with van der Waals surface area (Å²) in [5, 5.41) is 2.15. The molecule has 0 bridgehead atoms. The molecule has 1 N–H and O–H groups in total. The number of benzene rings is 1. The van der Waals surface area contributed by atoms with Crippen molar-refractivity contribution in [2.24, 2.45) is 0 Å². The van der Waals surface area contributed by atoms with Gasteiger partial charge >= 0.3 is 0 Å². The normalized spacial score (nSPS) is 12.2. The predicted molar refractivity (Wildman–Crippen MR) is 84.5 cm³/mol. The van der Waals surface area contributed by atoms with Gasteiger partial charge in [-0.25, -0.2) is 13.4 Å². The van der Waals surface area contributed by atoms with Crippen molar-refractivity contribution < 1.29 is 13.2 Å². The van der Waals surface area contributed by atoms with E-state index in [4.69, 9.17) is 4.74 Å². The van der Waals surface area contributed by atoms with Crippen molar-refractivity contribution in [2.75, 3.05) is 4.72 Å². The van der Waals surface area contributed by atoms with E-state index in [0.29, 0.717) is 10.9 Å². The Balaban J connectivity index is 2.17. The molecule has 0 aliphatic heterocycles. The van der Waals surface area contributed by atoms with Crippen molar-refractivity contribution in [3.05, 3.63) is 35.3 Å². The first kappa shape index (κ1) is 15.8. The Morgan fingerprint density at radius 2 is 1.81 bits per heavy atom. The van der Waals surface area contributed by atoms with E-state index in [1.165, 1.54) is 23.5 Å². The number of nitrogens with one attached hydrogen (secondary N) is 1. The van der Waals surface area contributed by atoms with Gasteiger partial charge in [-0.1, -0.05) is 0 Å². The summed E-state index contributed by atoms with van der Waals surface area (Å²) >= 11 is 1.26. The maximum atomic E-state index is 12.2. The lowest BCUT2D eigenvalue weighted by atomic mass is 10.2. The SMILES string of the molecule is Cc1csc(NS(=O)(=O)c2ccc(OC(C)(C)C)cc2)n1. The molecule has 0 saturated heterocycles. The summed E-state index contributed by atoms with van der Waals surface area (Å²) < 4.78 is 32.6. The number of aryl methyl sites for hydroxylation is 1. The zero-order valence-electron chi connectivity index (χ0n) is 12.4. The van der Waals surface area contributed by atoms with Crippen molar-refractivity contribution >= 4 is 26.5 Å². The van der Waals surface area contributed by atoms with E-state index in [1.54, 1.807) is 17.5 Å². The van der Waals surface area contributed by atoms with E-state index < -0.39 is 10.0 Å².